The molecule has 1 aromatic heterocycles. The molecule has 18 heavy (non-hydrogen) atoms. The van der Waals surface area contributed by atoms with Crippen molar-refractivity contribution in [1.29, 1.82) is 0 Å². The first-order valence-electron chi connectivity index (χ1n) is 5.98. The number of hydrogen-bond acceptors (Lipinski definition) is 3. The Kier molecular flexibility index (Phi) is 2.99. The minimum Gasteiger partial charge on any atom is -0.398 e. The molecule has 1 aromatic rings. The average molecular weight is 247 g/mol. The molecular formula is C13H18BNO3. The van der Waals surface area contributed by atoms with E-state index in [0.717, 1.165) is 5.56 Å². The van der Waals surface area contributed by atoms with E-state index in [9.17, 15) is 4.79 Å². The van der Waals surface area contributed by atoms with Gasteiger partial charge in [0.15, 0.2) is 0 Å². The summed E-state index contributed by atoms with van der Waals surface area (Å²) in [4.78, 5) is 14.2. The van der Waals surface area contributed by atoms with Gasteiger partial charge in [-0.2, -0.15) is 0 Å². The van der Waals surface area contributed by atoms with Crippen molar-refractivity contribution in [2.24, 2.45) is 0 Å². The second-order valence-corrected chi connectivity index (χ2v) is 5.48. The van der Waals surface area contributed by atoms with Gasteiger partial charge in [0.1, 0.15) is 0 Å². The van der Waals surface area contributed by atoms with Crippen LogP contribution in [-0.2, 0) is 9.31 Å². The standard InChI is InChI=1S/C13H18BNO3/c1-6-9-7-8-10(16)15-11(9)14-17-12(2,3)13(4,5)18-14/h6-8H,1H2,2-5H3,(H,15,16). The number of rotatable bonds is 2. The van der Waals surface area contributed by atoms with Crippen LogP contribution in [0.5, 0.6) is 0 Å². The summed E-state index contributed by atoms with van der Waals surface area (Å²) >= 11 is 0. The molecule has 1 N–H and O–H groups in total. The van der Waals surface area contributed by atoms with Gasteiger partial charge in [-0.05, 0) is 39.3 Å². The SMILES string of the molecule is C=Cc1ccc(=O)[nH]c1B1OC(C)(C)C(C)(C)O1. The van der Waals surface area contributed by atoms with Crippen molar-refractivity contribution in [2.45, 2.75) is 38.9 Å². The number of aromatic amines is 1. The highest BCUT2D eigenvalue weighted by molar-refractivity contribution is 6.62. The van der Waals surface area contributed by atoms with E-state index in [0.29, 0.717) is 5.59 Å². The highest BCUT2D eigenvalue weighted by Gasteiger charge is 2.52. The normalized spacial score (nSPS) is 21.0. The first-order valence-corrected chi connectivity index (χ1v) is 5.98. The van der Waals surface area contributed by atoms with E-state index >= 15 is 0 Å². The third-order valence-corrected chi connectivity index (χ3v) is 3.69. The summed E-state index contributed by atoms with van der Waals surface area (Å²) in [5.41, 5.74) is 0.403. The lowest BCUT2D eigenvalue weighted by molar-refractivity contribution is 0.00578. The van der Waals surface area contributed by atoms with Gasteiger partial charge in [0, 0.05) is 6.07 Å². The predicted octanol–water partition coefficient (Wildman–Crippen LogP) is 1.32. The lowest BCUT2D eigenvalue weighted by Crippen LogP contribution is -2.41. The van der Waals surface area contributed by atoms with Crippen molar-refractivity contribution in [3.63, 3.8) is 0 Å². The summed E-state index contributed by atoms with van der Waals surface area (Å²) in [6.07, 6.45) is 1.68. The summed E-state index contributed by atoms with van der Waals surface area (Å²) in [5.74, 6) is 0. The first kappa shape index (κ1) is 13.1. The molecule has 0 atom stereocenters. The number of nitrogens with one attached hydrogen (secondary N) is 1. The molecule has 4 nitrogen and oxygen atoms in total. The summed E-state index contributed by atoms with van der Waals surface area (Å²) < 4.78 is 11.8. The molecule has 2 rings (SSSR count). The van der Waals surface area contributed by atoms with E-state index in [2.05, 4.69) is 11.6 Å². The Hall–Kier alpha value is -1.33. The van der Waals surface area contributed by atoms with Crippen molar-refractivity contribution < 1.29 is 9.31 Å². The highest BCUT2D eigenvalue weighted by atomic mass is 16.7. The molecule has 2 heterocycles. The van der Waals surface area contributed by atoms with Crippen LogP contribution in [0.15, 0.2) is 23.5 Å². The van der Waals surface area contributed by atoms with E-state index in [4.69, 9.17) is 9.31 Å². The molecule has 1 aliphatic heterocycles. The van der Waals surface area contributed by atoms with Gasteiger partial charge in [-0.1, -0.05) is 12.7 Å². The Morgan fingerprint density at radius 2 is 1.78 bits per heavy atom. The Morgan fingerprint density at radius 1 is 1.22 bits per heavy atom. The van der Waals surface area contributed by atoms with Gasteiger partial charge in [-0.25, -0.2) is 0 Å². The maximum absolute atomic E-state index is 11.4. The van der Waals surface area contributed by atoms with Crippen LogP contribution >= 0.6 is 0 Å². The third-order valence-electron chi connectivity index (χ3n) is 3.69. The molecule has 0 aliphatic carbocycles. The van der Waals surface area contributed by atoms with Gasteiger partial charge in [-0.3, -0.25) is 4.79 Å². The minimum absolute atomic E-state index is 0.176. The highest BCUT2D eigenvalue weighted by Crippen LogP contribution is 2.36. The van der Waals surface area contributed by atoms with Crippen LogP contribution in [0.3, 0.4) is 0 Å². The molecule has 0 aromatic carbocycles. The maximum atomic E-state index is 11.4. The molecule has 0 bridgehead atoms. The number of pyridine rings is 1. The molecule has 0 radical (unpaired) electrons. The molecule has 1 aliphatic rings. The Morgan fingerprint density at radius 3 is 2.28 bits per heavy atom. The molecular weight excluding hydrogens is 229 g/mol. The zero-order valence-corrected chi connectivity index (χ0v) is 11.2. The minimum atomic E-state index is -0.572. The first-order chi connectivity index (χ1) is 8.27. The molecule has 1 fully saturated rings. The molecule has 0 unspecified atom stereocenters. The topological polar surface area (TPSA) is 51.3 Å². The van der Waals surface area contributed by atoms with Gasteiger partial charge in [-0.15, -0.1) is 0 Å². The summed E-state index contributed by atoms with van der Waals surface area (Å²) in [6, 6.07) is 3.18. The van der Waals surface area contributed by atoms with Crippen molar-refractivity contribution in [2.75, 3.05) is 0 Å². The smallest absolute Gasteiger partial charge is 0.398 e. The molecule has 0 amide bonds. The van der Waals surface area contributed by atoms with Crippen LogP contribution in [0.2, 0.25) is 0 Å². The summed E-state index contributed by atoms with van der Waals surface area (Å²) in [5, 5.41) is 0. The van der Waals surface area contributed by atoms with Crippen molar-refractivity contribution in [1.82, 2.24) is 4.98 Å². The summed E-state index contributed by atoms with van der Waals surface area (Å²) in [6.45, 7) is 11.6. The number of aromatic nitrogens is 1. The fourth-order valence-corrected chi connectivity index (χ4v) is 1.84. The van der Waals surface area contributed by atoms with Gasteiger partial charge in [0.2, 0.25) is 5.56 Å². The fourth-order valence-electron chi connectivity index (χ4n) is 1.84. The lowest BCUT2D eigenvalue weighted by atomic mass is 9.81. The van der Waals surface area contributed by atoms with Crippen LogP contribution in [0, 0.1) is 0 Å². The number of hydrogen-bond donors (Lipinski definition) is 1. The van der Waals surface area contributed by atoms with Gasteiger partial charge in [0.25, 0.3) is 0 Å². The van der Waals surface area contributed by atoms with Crippen molar-refractivity contribution in [3.05, 3.63) is 34.6 Å². The third kappa shape index (κ3) is 2.04. The van der Waals surface area contributed by atoms with E-state index in [-0.39, 0.29) is 5.56 Å². The monoisotopic (exact) mass is 247 g/mol. The Balaban J connectivity index is 2.43. The van der Waals surface area contributed by atoms with Gasteiger partial charge < -0.3 is 14.3 Å². The van der Waals surface area contributed by atoms with Crippen LogP contribution in [-0.4, -0.2) is 23.3 Å². The average Bonchev–Trinajstić information content (AvgIpc) is 2.48. The molecule has 1 saturated heterocycles. The molecule has 5 heteroatoms. The second kappa shape index (κ2) is 4.11. The zero-order valence-electron chi connectivity index (χ0n) is 11.2. The van der Waals surface area contributed by atoms with Crippen LogP contribution < -0.4 is 11.2 Å². The van der Waals surface area contributed by atoms with Crippen LogP contribution in [0.25, 0.3) is 6.08 Å². The van der Waals surface area contributed by atoms with Crippen molar-refractivity contribution >= 4 is 18.8 Å². The van der Waals surface area contributed by atoms with Crippen LogP contribution in [0.4, 0.5) is 0 Å². The fraction of sp³-hybridized carbons (Fsp3) is 0.462. The Labute approximate surface area is 107 Å². The predicted molar refractivity (Wildman–Crippen MR) is 72.9 cm³/mol. The largest absolute Gasteiger partial charge is 0.512 e. The quantitative estimate of drug-likeness (QED) is 0.802. The van der Waals surface area contributed by atoms with E-state index in [1.165, 1.54) is 6.07 Å². The molecule has 0 saturated carbocycles. The van der Waals surface area contributed by atoms with E-state index in [1.54, 1.807) is 12.1 Å². The second-order valence-electron chi connectivity index (χ2n) is 5.48. The zero-order chi connectivity index (χ0) is 13.6. The van der Waals surface area contributed by atoms with E-state index < -0.39 is 18.3 Å². The van der Waals surface area contributed by atoms with Gasteiger partial charge >= 0.3 is 7.12 Å². The van der Waals surface area contributed by atoms with Crippen molar-refractivity contribution in [3.8, 4) is 0 Å². The lowest BCUT2D eigenvalue weighted by Gasteiger charge is -2.32. The number of H-pyrrole nitrogens is 1. The summed E-state index contributed by atoms with van der Waals surface area (Å²) in [7, 11) is -0.572. The maximum Gasteiger partial charge on any atom is 0.512 e. The van der Waals surface area contributed by atoms with E-state index in [1.807, 2.05) is 27.7 Å². The molecule has 96 valence electrons. The molecule has 0 spiro atoms. The Bertz CT molecular complexity index is 517. The van der Waals surface area contributed by atoms with Gasteiger partial charge in [0.05, 0.1) is 16.8 Å². The van der Waals surface area contributed by atoms with Crippen LogP contribution in [0.1, 0.15) is 33.3 Å².